The standard InChI is InChI=1S/C12H15FN4/c1-8-11(14)12(17(3)15-8)16(2)10-7-5-4-6-9(10)13/h4-7H,14H2,1-3H3. The molecule has 4 nitrogen and oxygen atoms in total. The molecule has 1 heterocycles. The molecule has 0 saturated carbocycles. The van der Waals surface area contributed by atoms with E-state index in [0.717, 1.165) is 5.69 Å². The fourth-order valence-electron chi connectivity index (χ4n) is 1.90. The Morgan fingerprint density at radius 2 is 2.00 bits per heavy atom. The fourth-order valence-corrected chi connectivity index (χ4v) is 1.90. The molecule has 0 amide bonds. The van der Waals surface area contributed by atoms with Crippen molar-refractivity contribution < 1.29 is 4.39 Å². The van der Waals surface area contributed by atoms with E-state index in [1.54, 1.807) is 41.9 Å². The van der Waals surface area contributed by atoms with Gasteiger partial charge in [0, 0.05) is 14.1 Å². The van der Waals surface area contributed by atoms with Gasteiger partial charge in [-0.15, -0.1) is 0 Å². The molecular weight excluding hydrogens is 219 g/mol. The Kier molecular flexibility index (Phi) is 2.75. The van der Waals surface area contributed by atoms with Gasteiger partial charge >= 0.3 is 0 Å². The lowest BCUT2D eigenvalue weighted by molar-refractivity contribution is 0.626. The van der Waals surface area contributed by atoms with Crippen LogP contribution in [-0.4, -0.2) is 16.8 Å². The summed E-state index contributed by atoms with van der Waals surface area (Å²) in [5.74, 6) is 0.404. The molecule has 0 unspecified atom stereocenters. The molecule has 0 atom stereocenters. The van der Waals surface area contributed by atoms with Crippen LogP contribution >= 0.6 is 0 Å². The number of aryl methyl sites for hydroxylation is 2. The highest BCUT2D eigenvalue weighted by atomic mass is 19.1. The van der Waals surface area contributed by atoms with Crippen molar-refractivity contribution in [2.24, 2.45) is 7.05 Å². The van der Waals surface area contributed by atoms with Gasteiger partial charge in [0.15, 0.2) is 5.82 Å². The quantitative estimate of drug-likeness (QED) is 0.866. The zero-order chi connectivity index (χ0) is 12.6. The van der Waals surface area contributed by atoms with E-state index in [1.807, 2.05) is 6.92 Å². The van der Waals surface area contributed by atoms with Crippen molar-refractivity contribution >= 4 is 17.2 Å². The SMILES string of the molecule is Cc1nn(C)c(N(C)c2ccccc2F)c1N. The summed E-state index contributed by atoms with van der Waals surface area (Å²) in [6.07, 6.45) is 0. The minimum Gasteiger partial charge on any atom is -0.394 e. The van der Waals surface area contributed by atoms with Crippen LogP contribution in [0.1, 0.15) is 5.69 Å². The average molecular weight is 234 g/mol. The molecule has 90 valence electrons. The second-order valence-electron chi connectivity index (χ2n) is 3.96. The van der Waals surface area contributed by atoms with Crippen LogP contribution in [-0.2, 0) is 7.05 Å². The van der Waals surface area contributed by atoms with Crippen molar-refractivity contribution in [3.05, 3.63) is 35.8 Å². The molecule has 0 spiro atoms. The topological polar surface area (TPSA) is 47.1 Å². The number of anilines is 3. The summed E-state index contributed by atoms with van der Waals surface area (Å²) in [6, 6.07) is 6.57. The van der Waals surface area contributed by atoms with Crippen LogP contribution in [0.15, 0.2) is 24.3 Å². The van der Waals surface area contributed by atoms with Gasteiger partial charge in [-0.25, -0.2) is 4.39 Å². The number of hydrogen-bond donors (Lipinski definition) is 1. The molecule has 2 rings (SSSR count). The Hall–Kier alpha value is -2.04. The van der Waals surface area contributed by atoms with E-state index in [4.69, 9.17) is 5.73 Å². The maximum atomic E-state index is 13.7. The van der Waals surface area contributed by atoms with Crippen LogP contribution in [0.25, 0.3) is 0 Å². The highest BCUT2D eigenvalue weighted by molar-refractivity contribution is 5.73. The maximum Gasteiger partial charge on any atom is 0.154 e. The molecule has 0 saturated heterocycles. The van der Waals surface area contributed by atoms with Crippen molar-refractivity contribution in [3.63, 3.8) is 0 Å². The molecular formula is C12H15FN4. The molecule has 2 aromatic rings. The smallest absolute Gasteiger partial charge is 0.154 e. The molecule has 0 bridgehead atoms. The van der Waals surface area contributed by atoms with E-state index in [0.29, 0.717) is 17.2 Å². The number of nitrogens with zero attached hydrogens (tertiary/aromatic N) is 3. The van der Waals surface area contributed by atoms with Crippen molar-refractivity contribution in [1.29, 1.82) is 0 Å². The Morgan fingerprint density at radius 3 is 2.53 bits per heavy atom. The zero-order valence-corrected chi connectivity index (χ0v) is 10.1. The van der Waals surface area contributed by atoms with Crippen molar-refractivity contribution in [2.45, 2.75) is 6.92 Å². The van der Waals surface area contributed by atoms with E-state index < -0.39 is 0 Å². The fraction of sp³-hybridized carbons (Fsp3) is 0.250. The van der Waals surface area contributed by atoms with E-state index in [2.05, 4.69) is 5.10 Å². The zero-order valence-electron chi connectivity index (χ0n) is 10.1. The third-order valence-corrected chi connectivity index (χ3v) is 2.77. The Bertz CT molecular complexity index is 547. The Balaban J connectivity index is 2.51. The number of hydrogen-bond acceptors (Lipinski definition) is 3. The molecule has 0 radical (unpaired) electrons. The van der Waals surface area contributed by atoms with Gasteiger partial charge in [0.05, 0.1) is 17.1 Å². The van der Waals surface area contributed by atoms with Crippen LogP contribution in [0.2, 0.25) is 0 Å². The summed E-state index contributed by atoms with van der Waals surface area (Å²) in [4.78, 5) is 1.70. The van der Waals surface area contributed by atoms with Crippen LogP contribution in [0.3, 0.4) is 0 Å². The van der Waals surface area contributed by atoms with E-state index in [1.165, 1.54) is 6.07 Å². The summed E-state index contributed by atoms with van der Waals surface area (Å²) < 4.78 is 15.3. The summed E-state index contributed by atoms with van der Waals surface area (Å²) >= 11 is 0. The second kappa shape index (κ2) is 4.08. The predicted molar refractivity (Wildman–Crippen MR) is 66.8 cm³/mol. The van der Waals surface area contributed by atoms with Gasteiger partial charge < -0.3 is 10.6 Å². The lowest BCUT2D eigenvalue weighted by Gasteiger charge is -2.20. The molecule has 17 heavy (non-hydrogen) atoms. The number of nitrogens with two attached hydrogens (primary N) is 1. The largest absolute Gasteiger partial charge is 0.394 e. The molecule has 1 aromatic heterocycles. The molecule has 0 aliphatic heterocycles. The molecule has 2 N–H and O–H groups in total. The minimum atomic E-state index is -0.284. The van der Waals surface area contributed by atoms with Gasteiger partial charge in [0.25, 0.3) is 0 Å². The van der Waals surface area contributed by atoms with Crippen LogP contribution in [0.4, 0.5) is 21.6 Å². The summed E-state index contributed by atoms with van der Waals surface area (Å²) in [6.45, 7) is 1.83. The predicted octanol–water partition coefficient (Wildman–Crippen LogP) is 2.22. The Morgan fingerprint density at radius 1 is 1.35 bits per heavy atom. The van der Waals surface area contributed by atoms with Gasteiger partial charge in [-0.1, -0.05) is 12.1 Å². The molecule has 1 aromatic carbocycles. The molecule has 0 fully saturated rings. The van der Waals surface area contributed by atoms with Crippen LogP contribution in [0.5, 0.6) is 0 Å². The first-order valence-electron chi connectivity index (χ1n) is 5.29. The first-order chi connectivity index (χ1) is 8.02. The van der Waals surface area contributed by atoms with Crippen LogP contribution < -0.4 is 10.6 Å². The first-order valence-corrected chi connectivity index (χ1v) is 5.29. The van der Waals surface area contributed by atoms with Crippen molar-refractivity contribution in [1.82, 2.24) is 9.78 Å². The summed E-state index contributed by atoms with van der Waals surface area (Å²) in [5, 5.41) is 4.21. The highest BCUT2D eigenvalue weighted by Gasteiger charge is 2.17. The van der Waals surface area contributed by atoms with Gasteiger partial charge in [0.2, 0.25) is 0 Å². The number of nitrogen functional groups attached to an aromatic ring is 1. The Labute approximate surface area is 99.5 Å². The number of halogens is 1. The average Bonchev–Trinajstić information content (AvgIpc) is 2.53. The van der Waals surface area contributed by atoms with Crippen molar-refractivity contribution in [2.75, 3.05) is 17.7 Å². The van der Waals surface area contributed by atoms with Gasteiger partial charge in [-0.2, -0.15) is 5.10 Å². The summed E-state index contributed by atoms with van der Waals surface area (Å²) in [5.41, 5.74) is 7.73. The lowest BCUT2D eigenvalue weighted by atomic mass is 10.2. The van der Waals surface area contributed by atoms with E-state index in [9.17, 15) is 4.39 Å². The number of benzene rings is 1. The number of para-hydroxylation sites is 1. The van der Waals surface area contributed by atoms with Crippen molar-refractivity contribution in [3.8, 4) is 0 Å². The summed E-state index contributed by atoms with van der Waals surface area (Å²) in [7, 11) is 3.56. The maximum absolute atomic E-state index is 13.7. The van der Waals surface area contributed by atoms with E-state index >= 15 is 0 Å². The molecule has 0 aliphatic rings. The van der Waals surface area contributed by atoms with Gasteiger partial charge in [-0.05, 0) is 19.1 Å². The monoisotopic (exact) mass is 234 g/mol. The first kappa shape index (κ1) is 11.4. The third kappa shape index (κ3) is 1.84. The minimum absolute atomic E-state index is 0.284. The number of aromatic nitrogens is 2. The third-order valence-electron chi connectivity index (χ3n) is 2.77. The lowest BCUT2D eigenvalue weighted by Crippen LogP contribution is -2.16. The second-order valence-corrected chi connectivity index (χ2v) is 3.96. The number of rotatable bonds is 2. The highest BCUT2D eigenvalue weighted by Crippen LogP contribution is 2.31. The van der Waals surface area contributed by atoms with Gasteiger partial charge in [-0.3, -0.25) is 4.68 Å². The van der Waals surface area contributed by atoms with Crippen LogP contribution in [0, 0.1) is 12.7 Å². The van der Waals surface area contributed by atoms with E-state index in [-0.39, 0.29) is 5.82 Å². The molecule has 5 heteroatoms. The normalized spacial score (nSPS) is 10.6. The van der Waals surface area contributed by atoms with Gasteiger partial charge in [0.1, 0.15) is 5.82 Å². The molecule has 0 aliphatic carbocycles.